The quantitative estimate of drug-likeness (QED) is 0.733. The predicted molar refractivity (Wildman–Crippen MR) is 80.7 cm³/mol. The molecular weight excluding hydrogens is 234 g/mol. The minimum Gasteiger partial charge on any atom is -0.494 e. The average Bonchev–Trinajstić information content (AvgIpc) is 2.42. The average molecular weight is 253 g/mol. The summed E-state index contributed by atoms with van der Waals surface area (Å²) in [4.78, 5) is 4.62. The third-order valence-corrected chi connectivity index (χ3v) is 2.91. The lowest BCUT2D eigenvalue weighted by Gasteiger charge is -2.05. The van der Waals surface area contributed by atoms with E-state index in [1.54, 1.807) is 0 Å². The van der Waals surface area contributed by atoms with Gasteiger partial charge in [-0.05, 0) is 62.7 Å². The molecule has 2 rings (SSSR count). The molecular formula is C17H19NO. The number of hydrogen-bond acceptors (Lipinski definition) is 2. The highest BCUT2D eigenvalue weighted by Gasteiger charge is 1.99. The van der Waals surface area contributed by atoms with Gasteiger partial charge in [-0.15, -0.1) is 0 Å². The molecule has 0 fully saturated rings. The van der Waals surface area contributed by atoms with Crippen molar-refractivity contribution in [3.8, 4) is 5.75 Å². The molecule has 2 aromatic carbocycles. The van der Waals surface area contributed by atoms with Crippen LogP contribution < -0.4 is 4.74 Å². The lowest BCUT2D eigenvalue weighted by molar-refractivity contribution is 0.340. The Morgan fingerprint density at radius 1 is 1.00 bits per heavy atom. The van der Waals surface area contributed by atoms with E-state index in [1.165, 1.54) is 5.56 Å². The smallest absolute Gasteiger partial charge is 0.119 e. The Balaban J connectivity index is 2.18. The zero-order chi connectivity index (χ0) is 13.7. The van der Waals surface area contributed by atoms with Gasteiger partial charge in [0, 0.05) is 5.71 Å². The fraction of sp³-hybridized carbons (Fsp3) is 0.235. The van der Waals surface area contributed by atoms with Crippen LogP contribution in [0.1, 0.15) is 25.0 Å². The predicted octanol–water partition coefficient (Wildman–Crippen LogP) is 4.53. The molecule has 0 bridgehead atoms. The van der Waals surface area contributed by atoms with Gasteiger partial charge in [0.15, 0.2) is 0 Å². The lowest BCUT2D eigenvalue weighted by Crippen LogP contribution is -1.95. The van der Waals surface area contributed by atoms with Crippen LogP contribution in [0, 0.1) is 6.92 Å². The molecule has 0 spiro atoms. The fourth-order valence-electron chi connectivity index (χ4n) is 1.84. The maximum absolute atomic E-state index is 5.43. The Morgan fingerprint density at radius 2 is 1.63 bits per heavy atom. The number of rotatable bonds is 4. The van der Waals surface area contributed by atoms with Crippen LogP contribution in [0.15, 0.2) is 53.5 Å². The summed E-state index contributed by atoms with van der Waals surface area (Å²) < 4.78 is 5.43. The van der Waals surface area contributed by atoms with Crippen molar-refractivity contribution in [2.24, 2.45) is 4.99 Å². The number of ether oxygens (including phenoxy) is 1. The fourth-order valence-corrected chi connectivity index (χ4v) is 1.84. The highest BCUT2D eigenvalue weighted by Crippen LogP contribution is 2.17. The Hall–Kier alpha value is -2.09. The monoisotopic (exact) mass is 253 g/mol. The summed E-state index contributed by atoms with van der Waals surface area (Å²) in [5.74, 6) is 0.898. The van der Waals surface area contributed by atoms with Crippen molar-refractivity contribution >= 4 is 11.4 Å². The summed E-state index contributed by atoms with van der Waals surface area (Å²) in [5.41, 5.74) is 4.35. The molecule has 2 nitrogen and oxygen atoms in total. The molecule has 0 saturated heterocycles. The zero-order valence-electron chi connectivity index (χ0n) is 11.7. The van der Waals surface area contributed by atoms with Crippen LogP contribution in [0.2, 0.25) is 0 Å². The van der Waals surface area contributed by atoms with E-state index < -0.39 is 0 Å². The van der Waals surface area contributed by atoms with Gasteiger partial charge in [0.2, 0.25) is 0 Å². The van der Waals surface area contributed by atoms with Crippen LogP contribution in [-0.2, 0) is 0 Å². The van der Waals surface area contributed by atoms with Gasteiger partial charge in [0.1, 0.15) is 5.75 Å². The van der Waals surface area contributed by atoms with Crippen LogP contribution in [0.4, 0.5) is 5.69 Å². The maximum Gasteiger partial charge on any atom is 0.119 e. The van der Waals surface area contributed by atoms with Gasteiger partial charge in [-0.3, -0.25) is 4.99 Å². The van der Waals surface area contributed by atoms with E-state index in [1.807, 2.05) is 50.2 Å². The number of hydrogen-bond donors (Lipinski definition) is 0. The molecule has 0 unspecified atom stereocenters. The second-order valence-electron chi connectivity index (χ2n) is 4.49. The summed E-state index contributed by atoms with van der Waals surface area (Å²) in [7, 11) is 0. The first-order chi connectivity index (χ1) is 9.19. The third kappa shape index (κ3) is 3.68. The van der Waals surface area contributed by atoms with Crippen molar-refractivity contribution in [2.75, 3.05) is 6.61 Å². The molecule has 0 aliphatic carbocycles. The van der Waals surface area contributed by atoms with E-state index in [-0.39, 0.29) is 0 Å². The summed E-state index contributed by atoms with van der Waals surface area (Å²) >= 11 is 0. The van der Waals surface area contributed by atoms with Crippen LogP contribution >= 0.6 is 0 Å². The van der Waals surface area contributed by atoms with E-state index in [0.717, 1.165) is 22.7 Å². The molecule has 0 N–H and O–H groups in total. The van der Waals surface area contributed by atoms with Crippen molar-refractivity contribution in [1.29, 1.82) is 0 Å². The van der Waals surface area contributed by atoms with E-state index in [0.29, 0.717) is 6.61 Å². The van der Waals surface area contributed by atoms with Crippen LogP contribution in [-0.4, -0.2) is 12.3 Å². The van der Waals surface area contributed by atoms with E-state index in [9.17, 15) is 0 Å². The van der Waals surface area contributed by atoms with Crippen molar-refractivity contribution < 1.29 is 4.74 Å². The molecule has 19 heavy (non-hydrogen) atoms. The summed E-state index contributed by atoms with van der Waals surface area (Å²) in [5, 5.41) is 0. The van der Waals surface area contributed by atoms with Gasteiger partial charge in [-0.2, -0.15) is 0 Å². The maximum atomic E-state index is 5.43. The van der Waals surface area contributed by atoms with Gasteiger partial charge < -0.3 is 4.74 Å². The molecule has 0 amide bonds. The van der Waals surface area contributed by atoms with Gasteiger partial charge in [-0.1, -0.05) is 17.7 Å². The first-order valence-corrected chi connectivity index (χ1v) is 6.54. The first-order valence-electron chi connectivity index (χ1n) is 6.54. The Kier molecular flexibility index (Phi) is 4.35. The molecule has 98 valence electrons. The van der Waals surface area contributed by atoms with Crippen LogP contribution in [0.3, 0.4) is 0 Å². The second-order valence-corrected chi connectivity index (χ2v) is 4.49. The van der Waals surface area contributed by atoms with Crippen molar-refractivity contribution in [2.45, 2.75) is 20.8 Å². The van der Waals surface area contributed by atoms with Crippen LogP contribution in [0.25, 0.3) is 0 Å². The zero-order valence-corrected chi connectivity index (χ0v) is 11.7. The minimum atomic E-state index is 0.690. The molecule has 0 aliphatic rings. The number of nitrogens with zero attached hydrogens (tertiary/aromatic N) is 1. The molecule has 0 saturated carbocycles. The second kappa shape index (κ2) is 6.19. The number of aryl methyl sites for hydroxylation is 1. The molecule has 0 aliphatic heterocycles. The van der Waals surface area contributed by atoms with Gasteiger partial charge >= 0.3 is 0 Å². The van der Waals surface area contributed by atoms with Gasteiger partial charge in [0.05, 0.1) is 12.3 Å². The van der Waals surface area contributed by atoms with Crippen molar-refractivity contribution in [3.05, 3.63) is 59.7 Å². The topological polar surface area (TPSA) is 21.6 Å². The first kappa shape index (κ1) is 13.3. The normalized spacial score (nSPS) is 11.4. The highest BCUT2D eigenvalue weighted by atomic mass is 16.5. The van der Waals surface area contributed by atoms with E-state index >= 15 is 0 Å². The molecule has 0 aromatic heterocycles. The van der Waals surface area contributed by atoms with Gasteiger partial charge in [-0.25, -0.2) is 0 Å². The Morgan fingerprint density at radius 3 is 2.21 bits per heavy atom. The third-order valence-electron chi connectivity index (χ3n) is 2.91. The number of benzene rings is 2. The standard InChI is InChI=1S/C17H19NO/c1-4-19-17-11-7-15(8-12-17)14(3)18-16-9-5-13(2)6-10-16/h5-12H,4H2,1-3H3. The molecule has 0 heterocycles. The van der Waals surface area contributed by atoms with Crippen molar-refractivity contribution in [1.82, 2.24) is 0 Å². The molecule has 2 aromatic rings. The summed E-state index contributed by atoms with van der Waals surface area (Å²) in [6, 6.07) is 16.3. The van der Waals surface area contributed by atoms with E-state index in [2.05, 4.69) is 24.0 Å². The Labute approximate surface area is 114 Å². The molecule has 0 atom stereocenters. The van der Waals surface area contributed by atoms with Gasteiger partial charge in [0.25, 0.3) is 0 Å². The lowest BCUT2D eigenvalue weighted by atomic mass is 10.1. The molecule has 0 radical (unpaired) electrons. The minimum absolute atomic E-state index is 0.690. The van der Waals surface area contributed by atoms with Crippen molar-refractivity contribution in [3.63, 3.8) is 0 Å². The van der Waals surface area contributed by atoms with Crippen LogP contribution in [0.5, 0.6) is 5.75 Å². The van der Waals surface area contributed by atoms with E-state index in [4.69, 9.17) is 4.74 Å². The Bertz CT molecular complexity index is 553. The molecule has 2 heteroatoms. The summed E-state index contributed by atoms with van der Waals surface area (Å²) in [6.07, 6.45) is 0. The number of aliphatic imine (C=N–C) groups is 1. The highest BCUT2D eigenvalue weighted by molar-refractivity contribution is 6.00. The summed E-state index contributed by atoms with van der Waals surface area (Å²) in [6.45, 7) is 6.77. The largest absolute Gasteiger partial charge is 0.494 e. The SMILES string of the molecule is CCOc1ccc(C(C)=Nc2ccc(C)cc2)cc1.